The van der Waals surface area contributed by atoms with Gasteiger partial charge < -0.3 is 14.4 Å². The number of nitrogens with zero attached hydrogens (tertiary/aromatic N) is 7. The lowest BCUT2D eigenvalue weighted by Gasteiger charge is -2.33. The van der Waals surface area contributed by atoms with Crippen LogP contribution in [-0.4, -0.2) is 57.1 Å². The maximum atomic E-state index is 6.71. The minimum Gasteiger partial charge on any atom is -0.481 e. The third kappa shape index (κ3) is 3.62. The van der Waals surface area contributed by atoms with Gasteiger partial charge in [-0.15, -0.1) is 10.2 Å². The highest BCUT2D eigenvalue weighted by Gasteiger charge is 2.28. The molecule has 0 aromatic carbocycles. The van der Waals surface area contributed by atoms with Gasteiger partial charge in [-0.2, -0.15) is 19.6 Å². The number of anilines is 1. The molecule has 1 aliphatic heterocycles. The van der Waals surface area contributed by atoms with Crippen molar-refractivity contribution in [1.29, 1.82) is 0 Å². The Kier molecular flexibility index (Phi) is 5.06. The Morgan fingerprint density at radius 3 is 2.37 bits per heavy atom. The number of aromatic nitrogens is 6. The maximum absolute atomic E-state index is 6.71. The van der Waals surface area contributed by atoms with Crippen LogP contribution in [0, 0.1) is 5.92 Å². The van der Waals surface area contributed by atoms with E-state index < -0.39 is 0 Å². The first kappa shape index (κ1) is 19.3. The van der Waals surface area contributed by atoms with Gasteiger partial charge in [-0.05, 0) is 31.6 Å². The summed E-state index contributed by atoms with van der Waals surface area (Å²) in [5.41, 5.74) is 1.53. The van der Waals surface area contributed by atoms with E-state index in [0.29, 0.717) is 28.3 Å². The smallest absolute Gasteiger partial charge is 0.220 e. The molecule has 10 heteroatoms. The summed E-state index contributed by atoms with van der Waals surface area (Å²) in [7, 11) is 3.19. The maximum Gasteiger partial charge on any atom is 0.220 e. The molecule has 5 rings (SSSR count). The van der Waals surface area contributed by atoms with Gasteiger partial charge >= 0.3 is 0 Å². The average Bonchev–Trinajstić information content (AvgIpc) is 3.52. The van der Waals surface area contributed by atoms with Crippen molar-refractivity contribution in [2.24, 2.45) is 5.92 Å². The van der Waals surface area contributed by atoms with Crippen molar-refractivity contribution >= 4 is 22.9 Å². The lowest BCUT2D eigenvalue weighted by Crippen LogP contribution is -2.34. The van der Waals surface area contributed by atoms with Crippen LogP contribution >= 0.6 is 11.6 Å². The van der Waals surface area contributed by atoms with E-state index in [1.807, 2.05) is 6.20 Å². The molecule has 4 heterocycles. The summed E-state index contributed by atoms with van der Waals surface area (Å²) in [6.07, 6.45) is 7.08. The number of hydrogen-bond acceptors (Lipinski definition) is 8. The fourth-order valence-corrected chi connectivity index (χ4v) is 4.26. The van der Waals surface area contributed by atoms with Crippen LogP contribution in [0.1, 0.15) is 43.3 Å². The van der Waals surface area contributed by atoms with Gasteiger partial charge in [0.15, 0.2) is 11.5 Å². The molecule has 3 aromatic heterocycles. The van der Waals surface area contributed by atoms with E-state index in [9.17, 15) is 0 Å². The third-order valence-electron chi connectivity index (χ3n) is 5.91. The summed E-state index contributed by atoms with van der Waals surface area (Å²) < 4.78 is 12.4. The van der Waals surface area contributed by atoms with E-state index in [1.165, 1.54) is 12.8 Å². The molecule has 3 aromatic rings. The topological polar surface area (TPSA) is 90.6 Å². The van der Waals surface area contributed by atoms with Crippen LogP contribution in [0.4, 0.5) is 5.69 Å². The summed E-state index contributed by atoms with van der Waals surface area (Å²) in [4.78, 5) is 11.3. The monoisotopic (exact) mass is 429 g/mol. The summed E-state index contributed by atoms with van der Waals surface area (Å²) in [5, 5.41) is 13.8. The molecule has 0 N–H and O–H groups in total. The summed E-state index contributed by atoms with van der Waals surface area (Å²) >= 11 is 6.71. The number of methoxy groups -OCH3 is 2. The third-order valence-corrected chi connectivity index (χ3v) is 6.27. The van der Waals surface area contributed by atoms with Crippen molar-refractivity contribution in [3.63, 3.8) is 0 Å². The molecule has 1 aliphatic carbocycles. The Morgan fingerprint density at radius 1 is 1.03 bits per heavy atom. The second-order valence-corrected chi connectivity index (χ2v) is 8.29. The summed E-state index contributed by atoms with van der Waals surface area (Å²) in [6.45, 7) is 1.66. The van der Waals surface area contributed by atoms with E-state index in [4.69, 9.17) is 21.1 Å². The molecule has 0 atom stereocenters. The fraction of sp³-hybridized carbons (Fsp3) is 0.550. The van der Waals surface area contributed by atoms with Crippen molar-refractivity contribution in [2.45, 2.75) is 38.0 Å². The zero-order valence-corrected chi connectivity index (χ0v) is 17.8. The zero-order valence-electron chi connectivity index (χ0n) is 17.1. The lowest BCUT2D eigenvalue weighted by atomic mass is 9.95. The Labute approximate surface area is 179 Å². The number of halogens is 1. The number of piperidine rings is 1. The quantitative estimate of drug-likeness (QED) is 0.590. The molecule has 1 saturated carbocycles. The zero-order chi connectivity index (χ0) is 20.7. The van der Waals surface area contributed by atoms with Gasteiger partial charge in [0.05, 0.1) is 32.2 Å². The molecule has 2 fully saturated rings. The molecular weight excluding hydrogens is 406 g/mol. The van der Waals surface area contributed by atoms with E-state index in [-0.39, 0.29) is 5.92 Å². The number of hydrogen-bond donors (Lipinski definition) is 0. The predicted octanol–water partition coefficient (Wildman–Crippen LogP) is 2.92. The van der Waals surface area contributed by atoms with Gasteiger partial charge in [0.2, 0.25) is 11.8 Å². The predicted molar refractivity (Wildman–Crippen MR) is 112 cm³/mol. The van der Waals surface area contributed by atoms with Crippen LogP contribution in [0.15, 0.2) is 12.3 Å². The van der Waals surface area contributed by atoms with E-state index in [1.54, 1.807) is 24.8 Å². The molecular formula is C20H24ClN7O2. The Bertz CT molecular complexity index is 1040. The molecule has 0 spiro atoms. The van der Waals surface area contributed by atoms with Gasteiger partial charge in [-0.25, -0.2) is 0 Å². The molecule has 9 nitrogen and oxygen atoms in total. The van der Waals surface area contributed by atoms with Crippen LogP contribution in [0.25, 0.3) is 5.65 Å². The van der Waals surface area contributed by atoms with E-state index in [2.05, 4.69) is 30.2 Å². The van der Waals surface area contributed by atoms with Crippen LogP contribution in [0.5, 0.6) is 11.8 Å². The Hall–Kier alpha value is -2.68. The Morgan fingerprint density at radius 2 is 1.73 bits per heavy atom. The SMILES string of the molecule is COc1cc(OC)nc(C2CCN(c3cnn4c(CC5CC5)nnc4c3Cl)CC2)n1. The van der Waals surface area contributed by atoms with Crippen LogP contribution in [0.3, 0.4) is 0 Å². The van der Waals surface area contributed by atoms with Gasteiger partial charge in [-0.3, -0.25) is 0 Å². The highest BCUT2D eigenvalue weighted by molar-refractivity contribution is 6.36. The minimum atomic E-state index is 0.235. The molecule has 158 valence electrons. The molecule has 1 saturated heterocycles. The second-order valence-electron chi connectivity index (χ2n) is 7.92. The van der Waals surface area contributed by atoms with Gasteiger partial charge in [0.1, 0.15) is 10.8 Å². The molecule has 0 bridgehead atoms. The van der Waals surface area contributed by atoms with Crippen molar-refractivity contribution in [3.8, 4) is 11.8 Å². The Balaban J connectivity index is 1.33. The molecule has 30 heavy (non-hydrogen) atoms. The number of ether oxygens (including phenoxy) is 2. The standard InChI is InChI=1S/C20H24ClN7O2/c1-29-16-10-17(30-2)24-19(23-16)13-5-7-27(8-6-13)14-11-22-28-15(9-12-3-4-12)25-26-20(28)18(14)21/h10-13H,3-9H2,1-2H3. The van der Waals surface area contributed by atoms with Crippen molar-refractivity contribution in [2.75, 3.05) is 32.2 Å². The van der Waals surface area contributed by atoms with Crippen molar-refractivity contribution in [1.82, 2.24) is 29.8 Å². The normalized spacial score (nSPS) is 17.5. The number of fused-ring (bicyclic) bond motifs is 1. The first-order valence-corrected chi connectivity index (χ1v) is 10.6. The van der Waals surface area contributed by atoms with E-state index in [0.717, 1.165) is 49.7 Å². The van der Waals surface area contributed by atoms with Crippen molar-refractivity contribution < 1.29 is 9.47 Å². The minimum absolute atomic E-state index is 0.235. The van der Waals surface area contributed by atoms with Crippen LogP contribution in [-0.2, 0) is 6.42 Å². The largest absolute Gasteiger partial charge is 0.481 e. The van der Waals surface area contributed by atoms with Gasteiger partial charge in [0, 0.05) is 25.4 Å². The van der Waals surface area contributed by atoms with E-state index >= 15 is 0 Å². The van der Waals surface area contributed by atoms with Crippen LogP contribution in [0.2, 0.25) is 5.02 Å². The highest BCUT2D eigenvalue weighted by Crippen LogP contribution is 2.36. The first-order chi connectivity index (χ1) is 14.7. The number of rotatable bonds is 6. The fourth-order valence-electron chi connectivity index (χ4n) is 3.97. The highest BCUT2D eigenvalue weighted by atomic mass is 35.5. The molecule has 0 radical (unpaired) electrons. The molecule has 0 amide bonds. The lowest BCUT2D eigenvalue weighted by molar-refractivity contribution is 0.361. The second kappa shape index (κ2) is 7.86. The first-order valence-electron chi connectivity index (χ1n) is 10.3. The van der Waals surface area contributed by atoms with Crippen molar-refractivity contribution in [3.05, 3.63) is 28.9 Å². The van der Waals surface area contributed by atoms with Gasteiger partial charge in [0.25, 0.3) is 0 Å². The average molecular weight is 430 g/mol. The van der Waals surface area contributed by atoms with Gasteiger partial charge in [-0.1, -0.05) is 11.6 Å². The van der Waals surface area contributed by atoms with Crippen LogP contribution < -0.4 is 14.4 Å². The summed E-state index contributed by atoms with van der Waals surface area (Å²) in [6, 6.07) is 1.69. The summed E-state index contributed by atoms with van der Waals surface area (Å²) in [5.74, 6) is 3.64. The molecule has 2 aliphatic rings. The molecule has 0 unspecified atom stereocenters.